The highest BCUT2D eigenvalue weighted by Gasteiger charge is 2.36. The first-order valence-electron chi connectivity index (χ1n) is 7.97. The van der Waals surface area contributed by atoms with Crippen molar-refractivity contribution in [2.24, 2.45) is 0 Å². The van der Waals surface area contributed by atoms with E-state index in [1.54, 1.807) is 37.1 Å². The number of aryl methyl sites for hydroxylation is 1. The van der Waals surface area contributed by atoms with Gasteiger partial charge in [-0.1, -0.05) is 0 Å². The van der Waals surface area contributed by atoms with Gasteiger partial charge in [-0.2, -0.15) is 0 Å². The van der Waals surface area contributed by atoms with Crippen molar-refractivity contribution in [2.45, 2.75) is 33.4 Å². The molecule has 7 heteroatoms. The molecule has 0 aromatic carbocycles. The number of hydrogen-bond acceptors (Lipinski definition) is 5. The summed E-state index contributed by atoms with van der Waals surface area (Å²) in [6, 6.07) is -0.517. The molecule has 24 heavy (non-hydrogen) atoms. The molecule has 2 heterocycles. The number of methoxy groups -OCH3 is 2. The number of rotatable bonds is 6. The Labute approximate surface area is 142 Å². The van der Waals surface area contributed by atoms with Gasteiger partial charge in [0.05, 0.1) is 32.5 Å². The summed E-state index contributed by atoms with van der Waals surface area (Å²) in [6.45, 7) is 6.81. The number of piperazine rings is 1. The molecule has 0 unspecified atom stereocenters. The molecule has 1 atom stereocenters. The Morgan fingerprint density at radius 2 is 2.00 bits per heavy atom. The third-order valence-electron chi connectivity index (χ3n) is 4.42. The zero-order valence-electron chi connectivity index (χ0n) is 15.0. The second-order valence-electron chi connectivity index (χ2n) is 6.00. The molecule has 1 saturated heterocycles. The molecule has 1 fully saturated rings. The van der Waals surface area contributed by atoms with E-state index < -0.39 is 6.04 Å². The second-order valence-corrected chi connectivity index (χ2v) is 6.00. The van der Waals surface area contributed by atoms with Gasteiger partial charge in [-0.05, 0) is 20.8 Å². The van der Waals surface area contributed by atoms with Crippen molar-refractivity contribution in [2.75, 3.05) is 33.9 Å². The molecule has 0 N–H and O–H groups in total. The van der Waals surface area contributed by atoms with Gasteiger partial charge in [0, 0.05) is 31.0 Å². The van der Waals surface area contributed by atoms with E-state index in [-0.39, 0.29) is 18.4 Å². The Bertz CT molecular complexity index is 633. The molecule has 0 bridgehead atoms. The summed E-state index contributed by atoms with van der Waals surface area (Å²) in [4.78, 5) is 32.5. The number of amides is 2. The van der Waals surface area contributed by atoms with Crippen LogP contribution in [0.25, 0.3) is 0 Å². The lowest BCUT2D eigenvalue weighted by molar-refractivity contribution is -0.156. The summed E-state index contributed by atoms with van der Waals surface area (Å²) in [7, 11) is 3.19. The molecule has 0 spiro atoms. The number of carbonyl (C=O) groups is 2. The molecular formula is C17H25N3O4. The minimum atomic E-state index is -0.517. The molecule has 1 aromatic heterocycles. The fourth-order valence-electron chi connectivity index (χ4n) is 2.95. The summed E-state index contributed by atoms with van der Waals surface area (Å²) in [5.41, 5.74) is 2.58. The van der Waals surface area contributed by atoms with Crippen LogP contribution in [0.3, 0.4) is 0 Å². The van der Waals surface area contributed by atoms with Crippen LogP contribution in [0, 0.1) is 13.8 Å². The van der Waals surface area contributed by atoms with Gasteiger partial charge in [0.15, 0.2) is 0 Å². The average molecular weight is 335 g/mol. The van der Waals surface area contributed by atoms with Gasteiger partial charge in [-0.3, -0.25) is 14.6 Å². The maximum Gasteiger partial charge on any atom is 0.245 e. The number of hydrogen-bond donors (Lipinski definition) is 0. The molecule has 1 aliphatic heterocycles. The largest absolute Gasteiger partial charge is 0.496 e. The van der Waals surface area contributed by atoms with Crippen molar-refractivity contribution in [1.29, 1.82) is 0 Å². The summed E-state index contributed by atoms with van der Waals surface area (Å²) in [5.74, 6) is 0.618. The minimum absolute atomic E-state index is 0.0663. The average Bonchev–Trinajstić information content (AvgIpc) is 2.56. The Kier molecular flexibility index (Phi) is 5.77. The molecule has 0 saturated carbocycles. The smallest absolute Gasteiger partial charge is 0.245 e. The standard InChI is InChI=1S/C17H25N3O4/c1-11-8-18-14(12(2)16(11)24-5)9-20-13(3)17(22)19(6-7-23-4)10-15(20)21/h8,13H,6-7,9-10H2,1-5H3/t13-/m0/s1. The van der Waals surface area contributed by atoms with Crippen LogP contribution in [0.15, 0.2) is 6.20 Å². The maximum atomic E-state index is 12.5. The van der Waals surface area contributed by atoms with Crippen LogP contribution in [-0.4, -0.2) is 66.6 Å². The number of ether oxygens (including phenoxy) is 2. The van der Waals surface area contributed by atoms with Crippen LogP contribution in [-0.2, 0) is 20.9 Å². The van der Waals surface area contributed by atoms with Gasteiger partial charge in [-0.15, -0.1) is 0 Å². The van der Waals surface area contributed by atoms with Crippen molar-refractivity contribution in [3.63, 3.8) is 0 Å². The highest BCUT2D eigenvalue weighted by atomic mass is 16.5. The summed E-state index contributed by atoms with van der Waals surface area (Å²) in [6.07, 6.45) is 1.73. The van der Waals surface area contributed by atoms with Gasteiger partial charge < -0.3 is 19.3 Å². The first-order chi connectivity index (χ1) is 11.4. The minimum Gasteiger partial charge on any atom is -0.496 e. The van der Waals surface area contributed by atoms with Crippen LogP contribution >= 0.6 is 0 Å². The lowest BCUT2D eigenvalue weighted by atomic mass is 10.1. The van der Waals surface area contributed by atoms with Gasteiger partial charge in [0.2, 0.25) is 11.8 Å². The molecule has 1 aliphatic rings. The van der Waals surface area contributed by atoms with Gasteiger partial charge in [0.1, 0.15) is 11.8 Å². The zero-order chi connectivity index (χ0) is 17.9. The normalized spacial score (nSPS) is 18.3. The second kappa shape index (κ2) is 7.61. The third-order valence-corrected chi connectivity index (χ3v) is 4.42. The van der Waals surface area contributed by atoms with Crippen LogP contribution in [0.4, 0.5) is 0 Å². The highest BCUT2D eigenvalue weighted by molar-refractivity contribution is 5.94. The Hall–Kier alpha value is -2.15. The third kappa shape index (κ3) is 3.51. The van der Waals surface area contributed by atoms with Gasteiger partial charge in [-0.25, -0.2) is 0 Å². The molecule has 7 nitrogen and oxygen atoms in total. The molecule has 0 radical (unpaired) electrons. The van der Waals surface area contributed by atoms with Crippen LogP contribution < -0.4 is 4.74 Å². The molecule has 2 amide bonds. The maximum absolute atomic E-state index is 12.5. The lowest BCUT2D eigenvalue weighted by Crippen LogP contribution is -2.58. The van der Waals surface area contributed by atoms with Crippen LogP contribution in [0.5, 0.6) is 5.75 Å². The molecule has 132 valence electrons. The molecule has 1 aromatic rings. The molecule has 2 rings (SSSR count). The zero-order valence-corrected chi connectivity index (χ0v) is 15.0. The predicted molar refractivity (Wildman–Crippen MR) is 88.7 cm³/mol. The fraction of sp³-hybridized carbons (Fsp3) is 0.588. The number of carbonyl (C=O) groups excluding carboxylic acids is 2. The van der Waals surface area contributed by atoms with E-state index in [0.717, 1.165) is 22.6 Å². The van der Waals surface area contributed by atoms with E-state index in [1.165, 1.54) is 0 Å². The first-order valence-corrected chi connectivity index (χ1v) is 7.97. The van der Waals surface area contributed by atoms with E-state index in [4.69, 9.17) is 9.47 Å². The van der Waals surface area contributed by atoms with Crippen molar-refractivity contribution in [3.8, 4) is 5.75 Å². The van der Waals surface area contributed by atoms with E-state index in [0.29, 0.717) is 19.7 Å². The summed E-state index contributed by atoms with van der Waals surface area (Å²) >= 11 is 0. The summed E-state index contributed by atoms with van der Waals surface area (Å²) in [5, 5.41) is 0. The SMILES string of the molecule is COCCN1CC(=O)N(Cc2ncc(C)c(OC)c2C)[C@@H](C)C1=O. The quantitative estimate of drug-likeness (QED) is 0.773. The highest BCUT2D eigenvalue weighted by Crippen LogP contribution is 2.26. The Balaban J connectivity index is 2.19. The van der Waals surface area contributed by atoms with E-state index in [9.17, 15) is 9.59 Å². The number of aromatic nitrogens is 1. The van der Waals surface area contributed by atoms with Crippen molar-refractivity contribution in [3.05, 3.63) is 23.0 Å². The summed E-state index contributed by atoms with van der Waals surface area (Å²) < 4.78 is 10.4. The van der Waals surface area contributed by atoms with Crippen molar-refractivity contribution < 1.29 is 19.1 Å². The Morgan fingerprint density at radius 3 is 2.62 bits per heavy atom. The first kappa shape index (κ1) is 18.2. The van der Waals surface area contributed by atoms with Gasteiger partial charge >= 0.3 is 0 Å². The van der Waals surface area contributed by atoms with E-state index >= 15 is 0 Å². The van der Waals surface area contributed by atoms with Gasteiger partial charge in [0.25, 0.3) is 0 Å². The Morgan fingerprint density at radius 1 is 1.29 bits per heavy atom. The lowest BCUT2D eigenvalue weighted by Gasteiger charge is -2.38. The number of pyridine rings is 1. The topological polar surface area (TPSA) is 72.0 Å². The monoisotopic (exact) mass is 335 g/mol. The molecule has 0 aliphatic carbocycles. The van der Waals surface area contributed by atoms with E-state index in [1.807, 2.05) is 13.8 Å². The van der Waals surface area contributed by atoms with Crippen molar-refractivity contribution in [1.82, 2.24) is 14.8 Å². The van der Waals surface area contributed by atoms with Crippen molar-refractivity contribution >= 4 is 11.8 Å². The predicted octanol–water partition coefficient (Wildman–Crippen LogP) is 0.913. The fourth-order valence-corrected chi connectivity index (χ4v) is 2.95. The molecular weight excluding hydrogens is 310 g/mol. The van der Waals surface area contributed by atoms with Crippen LogP contribution in [0.2, 0.25) is 0 Å². The number of nitrogens with zero attached hydrogens (tertiary/aromatic N) is 3. The van der Waals surface area contributed by atoms with Crippen LogP contribution in [0.1, 0.15) is 23.7 Å². The van der Waals surface area contributed by atoms with E-state index in [2.05, 4.69) is 4.98 Å².